The summed E-state index contributed by atoms with van der Waals surface area (Å²) in [7, 11) is 1.52. The van der Waals surface area contributed by atoms with Crippen molar-refractivity contribution in [1.29, 1.82) is 0 Å². The van der Waals surface area contributed by atoms with Gasteiger partial charge in [0.2, 0.25) is 0 Å². The van der Waals surface area contributed by atoms with Gasteiger partial charge in [-0.05, 0) is 41.8 Å². The number of nitrogens with zero attached hydrogens (tertiary/aromatic N) is 1. The maximum absolute atomic E-state index is 13.0. The molecular weight excluding hydrogens is 361 g/mol. The van der Waals surface area contributed by atoms with Crippen LogP contribution in [0.2, 0.25) is 0 Å². The van der Waals surface area contributed by atoms with Crippen molar-refractivity contribution in [2.24, 2.45) is 0 Å². The summed E-state index contributed by atoms with van der Waals surface area (Å²) in [5, 5.41) is 0.868. The topological polar surface area (TPSA) is 39.2 Å². The molecule has 3 aromatic rings. The van der Waals surface area contributed by atoms with E-state index in [2.05, 4.69) is 20.9 Å². The molecule has 0 amide bonds. The van der Waals surface area contributed by atoms with Gasteiger partial charge < -0.3 is 4.74 Å². The Morgan fingerprint density at radius 3 is 2.61 bits per heavy atom. The molecule has 0 spiro atoms. The third kappa shape index (κ3) is 3.10. The van der Waals surface area contributed by atoms with E-state index in [9.17, 15) is 9.18 Å². The number of rotatable bonds is 4. The highest BCUT2D eigenvalue weighted by atomic mass is 79.9. The molecule has 23 heavy (non-hydrogen) atoms. The number of benzene rings is 2. The van der Waals surface area contributed by atoms with Gasteiger partial charge in [-0.3, -0.25) is 9.78 Å². The van der Waals surface area contributed by atoms with E-state index in [0.29, 0.717) is 23.3 Å². The molecule has 0 fully saturated rings. The summed E-state index contributed by atoms with van der Waals surface area (Å²) in [6, 6.07) is 10.1. The van der Waals surface area contributed by atoms with E-state index in [-0.39, 0.29) is 5.82 Å². The van der Waals surface area contributed by atoms with E-state index in [4.69, 9.17) is 4.74 Å². The highest BCUT2D eigenvalue weighted by Crippen LogP contribution is 2.34. The van der Waals surface area contributed by atoms with Gasteiger partial charge in [0.1, 0.15) is 11.3 Å². The molecule has 0 aliphatic rings. The Bertz CT molecular complexity index is 878. The molecule has 2 aromatic carbocycles. The number of carbonyl (C=O) groups is 1. The number of hydrogen-bond acceptors (Lipinski definition) is 3. The second-order valence-electron chi connectivity index (χ2n) is 5.14. The third-order valence-corrected chi connectivity index (χ3v) is 4.27. The van der Waals surface area contributed by atoms with Crippen molar-refractivity contribution in [2.45, 2.75) is 6.42 Å². The molecule has 0 aliphatic heterocycles. The largest absolute Gasteiger partial charge is 0.494 e. The first-order valence-corrected chi connectivity index (χ1v) is 7.76. The van der Waals surface area contributed by atoms with Gasteiger partial charge in [0, 0.05) is 16.1 Å². The summed E-state index contributed by atoms with van der Waals surface area (Å²) in [5.74, 6) is 0.214. The number of aldehydes is 1. The first-order chi connectivity index (χ1) is 11.1. The standard InChI is InChI=1S/C18H13BrFNO2/c1-23-18-13(10-22)8-16(19)15-7-12(9-21-17(15)18)6-11-2-4-14(20)5-3-11/h2-5,7-10H,6H2,1H3. The van der Waals surface area contributed by atoms with E-state index in [1.807, 2.05) is 6.07 Å². The van der Waals surface area contributed by atoms with Gasteiger partial charge in [-0.1, -0.05) is 28.1 Å². The lowest BCUT2D eigenvalue weighted by atomic mass is 10.0. The minimum absolute atomic E-state index is 0.251. The van der Waals surface area contributed by atoms with Gasteiger partial charge in [-0.15, -0.1) is 0 Å². The van der Waals surface area contributed by atoms with Crippen molar-refractivity contribution >= 4 is 33.1 Å². The minimum Gasteiger partial charge on any atom is -0.494 e. The summed E-state index contributed by atoms with van der Waals surface area (Å²) in [5.41, 5.74) is 3.07. The predicted molar refractivity (Wildman–Crippen MR) is 90.6 cm³/mol. The Hall–Kier alpha value is -2.27. The fourth-order valence-electron chi connectivity index (χ4n) is 2.52. The third-order valence-electron chi connectivity index (χ3n) is 3.61. The number of fused-ring (bicyclic) bond motifs is 1. The molecule has 0 saturated heterocycles. The Labute approximate surface area is 141 Å². The molecule has 1 heterocycles. The van der Waals surface area contributed by atoms with Crippen LogP contribution in [0.3, 0.4) is 0 Å². The van der Waals surface area contributed by atoms with Crippen molar-refractivity contribution in [2.75, 3.05) is 7.11 Å². The molecule has 0 saturated carbocycles. The Balaban J connectivity index is 2.06. The molecule has 3 nitrogen and oxygen atoms in total. The average Bonchev–Trinajstić information content (AvgIpc) is 2.57. The summed E-state index contributed by atoms with van der Waals surface area (Å²) < 4.78 is 19.1. The number of pyridine rings is 1. The van der Waals surface area contributed by atoms with Crippen LogP contribution in [0.15, 0.2) is 47.1 Å². The zero-order valence-electron chi connectivity index (χ0n) is 12.3. The SMILES string of the molecule is COc1c(C=O)cc(Br)c2cc(Cc3ccc(F)cc3)cnc12. The fraction of sp³-hybridized carbons (Fsp3) is 0.111. The molecule has 0 N–H and O–H groups in total. The number of ether oxygens (including phenoxy) is 1. The number of halogens is 2. The van der Waals surface area contributed by atoms with Crippen LogP contribution in [-0.2, 0) is 6.42 Å². The van der Waals surface area contributed by atoms with Crippen LogP contribution < -0.4 is 4.74 Å². The summed E-state index contributed by atoms with van der Waals surface area (Å²) in [4.78, 5) is 15.6. The van der Waals surface area contributed by atoms with Crippen molar-refractivity contribution in [3.63, 3.8) is 0 Å². The summed E-state index contributed by atoms with van der Waals surface area (Å²) in [6.45, 7) is 0. The van der Waals surface area contributed by atoms with Gasteiger partial charge in [0.25, 0.3) is 0 Å². The van der Waals surface area contributed by atoms with Crippen LogP contribution in [0.5, 0.6) is 5.75 Å². The van der Waals surface area contributed by atoms with Crippen molar-refractivity contribution in [3.05, 3.63) is 69.6 Å². The number of carbonyl (C=O) groups excluding carboxylic acids is 1. The van der Waals surface area contributed by atoms with Crippen molar-refractivity contribution in [1.82, 2.24) is 4.98 Å². The number of methoxy groups -OCH3 is 1. The van der Waals surface area contributed by atoms with Crippen molar-refractivity contribution in [3.8, 4) is 5.75 Å². The molecule has 5 heteroatoms. The van der Waals surface area contributed by atoms with Gasteiger partial charge in [0.05, 0.1) is 12.7 Å². The van der Waals surface area contributed by atoms with Crippen molar-refractivity contribution < 1.29 is 13.9 Å². The quantitative estimate of drug-likeness (QED) is 0.629. The Morgan fingerprint density at radius 2 is 1.96 bits per heavy atom. The van der Waals surface area contributed by atoms with E-state index in [1.54, 1.807) is 24.4 Å². The van der Waals surface area contributed by atoms with Gasteiger partial charge in [0.15, 0.2) is 12.0 Å². The summed E-state index contributed by atoms with van der Waals surface area (Å²) in [6.07, 6.45) is 3.14. The molecule has 0 atom stereocenters. The Morgan fingerprint density at radius 1 is 1.22 bits per heavy atom. The molecule has 3 rings (SSSR count). The van der Waals surface area contributed by atoms with Crippen LogP contribution >= 0.6 is 15.9 Å². The predicted octanol–water partition coefficient (Wildman–Crippen LogP) is 4.55. The van der Waals surface area contributed by atoms with E-state index in [0.717, 1.165) is 27.3 Å². The van der Waals surface area contributed by atoms with Crippen LogP contribution in [0.25, 0.3) is 10.9 Å². The lowest BCUT2D eigenvalue weighted by Crippen LogP contribution is -1.97. The zero-order chi connectivity index (χ0) is 16.4. The van der Waals surface area contributed by atoms with Crippen LogP contribution in [0.4, 0.5) is 4.39 Å². The molecule has 0 aliphatic carbocycles. The van der Waals surface area contributed by atoms with Crippen LogP contribution in [0.1, 0.15) is 21.5 Å². The summed E-state index contributed by atoms with van der Waals surface area (Å²) >= 11 is 3.48. The monoisotopic (exact) mass is 373 g/mol. The lowest BCUT2D eigenvalue weighted by molar-refractivity contribution is 0.112. The molecular formula is C18H13BrFNO2. The molecule has 0 radical (unpaired) electrons. The highest BCUT2D eigenvalue weighted by Gasteiger charge is 2.13. The number of aromatic nitrogens is 1. The number of hydrogen-bond donors (Lipinski definition) is 0. The van der Waals surface area contributed by atoms with E-state index >= 15 is 0 Å². The maximum Gasteiger partial charge on any atom is 0.155 e. The van der Waals surface area contributed by atoms with Crippen LogP contribution in [0, 0.1) is 5.82 Å². The van der Waals surface area contributed by atoms with E-state index in [1.165, 1.54) is 19.2 Å². The fourth-order valence-corrected chi connectivity index (χ4v) is 3.07. The van der Waals surface area contributed by atoms with E-state index < -0.39 is 0 Å². The normalized spacial score (nSPS) is 10.7. The Kier molecular flexibility index (Phi) is 4.39. The maximum atomic E-state index is 13.0. The zero-order valence-corrected chi connectivity index (χ0v) is 13.9. The average molecular weight is 374 g/mol. The lowest BCUT2D eigenvalue weighted by Gasteiger charge is -2.11. The molecule has 0 unspecified atom stereocenters. The first kappa shape index (κ1) is 15.6. The van der Waals surface area contributed by atoms with Gasteiger partial charge >= 0.3 is 0 Å². The molecule has 0 bridgehead atoms. The first-order valence-electron chi connectivity index (χ1n) is 6.97. The smallest absolute Gasteiger partial charge is 0.155 e. The van der Waals surface area contributed by atoms with Crippen LogP contribution in [-0.4, -0.2) is 18.4 Å². The second kappa shape index (κ2) is 6.46. The second-order valence-corrected chi connectivity index (χ2v) is 6.00. The van der Waals surface area contributed by atoms with Gasteiger partial charge in [-0.2, -0.15) is 0 Å². The molecule has 1 aromatic heterocycles. The minimum atomic E-state index is -0.251. The highest BCUT2D eigenvalue weighted by molar-refractivity contribution is 9.10. The molecule has 116 valence electrons. The van der Waals surface area contributed by atoms with Gasteiger partial charge in [-0.25, -0.2) is 4.39 Å².